The Kier molecular flexibility index (Phi) is 4.58. The molecule has 3 aromatic rings. The van der Waals surface area contributed by atoms with E-state index >= 15 is 0 Å². The second-order valence-corrected chi connectivity index (χ2v) is 8.92. The van der Waals surface area contributed by atoms with E-state index < -0.39 is 10.0 Å². The standard InChI is InChI=1S/C18H19N3O2S2/c1-4-12(2)21-11-16(18-8-6-14(10-19)24-18)15-7-5-13(9-17(15)21)20-25(3,22)23/h5-9,11-12,20H,4H2,1-3H3/t12-/m1/s1. The monoisotopic (exact) mass is 373 g/mol. The molecule has 0 aliphatic carbocycles. The molecule has 1 N–H and O–H groups in total. The van der Waals surface area contributed by atoms with E-state index in [-0.39, 0.29) is 6.04 Å². The molecule has 0 aliphatic heterocycles. The Balaban J connectivity index is 2.20. The third-order valence-corrected chi connectivity index (χ3v) is 5.81. The minimum absolute atomic E-state index is 0.278. The minimum atomic E-state index is -3.32. The van der Waals surface area contributed by atoms with Crippen molar-refractivity contribution in [1.82, 2.24) is 4.57 Å². The first kappa shape index (κ1) is 17.5. The number of aromatic nitrogens is 1. The normalized spacial score (nSPS) is 12.9. The zero-order valence-corrected chi connectivity index (χ0v) is 15.9. The van der Waals surface area contributed by atoms with Crippen molar-refractivity contribution in [3.63, 3.8) is 0 Å². The molecule has 7 heteroatoms. The van der Waals surface area contributed by atoms with Crippen LogP contribution in [0.3, 0.4) is 0 Å². The van der Waals surface area contributed by atoms with Gasteiger partial charge < -0.3 is 4.57 Å². The molecule has 2 heterocycles. The number of thiophene rings is 1. The molecule has 1 atom stereocenters. The van der Waals surface area contributed by atoms with Crippen molar-refractivity contribution >= 4 is 38.0 Å². The molecule has 3 rings (SSSR count). The predicted octanol–water partition coefficient (Wildman–Crippen LogP) is 4.58. The fourth-order valence-corrected chi connectivity index (χ4v) is 4.21. The number of hydrogen-bond donors (Lipinski definition) is 1. The maximum absolute atomic E-state index is 11.5. The topological polar surface area (TPSA) is 74.9 Å². The Morgan fingerprint density at radius 1 is 1.32 bits per heavy atom. The first-order valence-corrected chi connectivity index (χ1v) is 10.7. The molecule has 25 heavy (non-hydrogen) atoms. The molecule has 0 aliphatic rings. The summed E-state index contributed by atoms with van der Waals surface area (Å²) in [6, 6.07) is 11.8. The second kappa shape index (κ2) is 6.54. The molecule has 0 saturated heterocycles. The molecule has 0 spiro atoms. The van der Waals surface area contributed by atoms with Gasteiger partial charge in [-0.3, -0.25) is 4.72 Å². The number of nitrogens with one attached hydrogen (secondary N) is 1. The quantitative estimate of drug-likeness (QED) is 0.711. The number of benzene rings is 1. The van der Waals surface area contributed by atoms with Crippen LogP contribution in [0, 0.1) is 11.3 Å². The maximum atomic E-state index is 11.5. The van der Waals surface area contributed by atoms with Crippen molar-refractivity contribution in [2.75, 3.05) is 11.0 Å². The molecule has 1 aromatic carbocycles. The van der Waals surface area contributed by atoms with E-state index in [0.717, 1.165) is 34.0 Å². The summed E-state index contributed by atoms with van der Waals surface area (Å²) in [6.45, 7) is 4.25. The van der Waals surface area contributed by atoms with Crippen molar-refractivity contribution in [2.45, 2.75) is 26.3 Å². The first-order valence-electron chi connectivity index (χ1n) is 7.95. The highest BCUT2D eigenvalue weighted by atomic mass is 32.2. The molecule has 0 bridgehead atoms. The van der Waals surface area contributed by atoms with Gasteiger partial charge in [0.15, 0.2) is 0 Å². The fourth-order valence-electron chi connectivity index (χ4n) is 2.83. The van der Waals surface area contributed by atoms with E-state index in [2.05, 4.69) is 35.4 Å². The Hall–Kier alpha value is -2.30. The van der Waals surface area contributed by atoms with Crippen molar-refractivity contribution in [2.24, 2.45) is 0 Å². The summed E-state index contributed by atoms with van der Waals surface area (Å²) in [5.41, 5.74) is 2.59. The van der Waals surface area contributed by atoms with Gasteiger partial charge in [-0.2, -0.15) is 5.26 Å². The number of nitriles is 1. The highest BCUT2D eigenvalue weighted by molar-refractivity contribution is 7.92. The average Bonchev–Trinajstić information content (AvgIpc) is 3.16. The van der Waals surface area contributed by atoms with Crippen LogP contribution in [-0.2, 0) is 10.0 Å². The number of nitrogens with zero attached hydrogens (tertiary/aromatic N) is 2. The van der Waals surface area contributed by atoms with Gasteiger partial charge in [0.05, 0.1) is 17.5 Å². The zero-order chi connectivity index (χ0) is 18.2. The molecule has 0 unspecified atom stereocenters. The van der Waals surface area contributed by atoms with Crippen molar-refractivity contribution in [3.8, 4) is 16.5 Å². The van der Waals surface area contributed by atoms with Gasteiger partial charge in [0, 0.05) is 28.1 Å². The fraction of sp³-hybridized carbons (Fsp3) is 0.278. The highest BCUT2D eigenvalue weighted by Gasteiger charge is 2.16. The Morgan fingerprint density at radius 2 is 2.08 bits per heavy atom. The van der Waals surface area contributed by atoms with Gasteiger partial charge in [0.1, 0.15) is 10.9 Å². The lowest BCUT2D eigenvalue weighted by Gasteiger charge is -2.13. The van der Waals surface area contributed by atoms with E-state index in [9.17, 15) is 8.42 Å². The van der Waals surface area contributed by atoms with E-state index in [1.807, 2.05) is 24.3 Å². The summed E-state index contributed by atoms with van der Waals surface area (Å²) in [6.07, 6.45) is 4.20. The predicted molar refractivity (Wildman–Crippen MR) is 103 cm³/mol. The van der Waals surface area contributed by atoms with Gasteiger partial charge in [-0.15, -0.1) is 11.3 Å². The number of sulfonamides is 1. The lowest BCUT2D eigenvalue weighted by molar-refractivity contribution is 0.548. The molecular weight excluding hydrogens is 354 g/mol. The molecule has 0 saturated carbocycles. The van der Waals surface area contributed by atoms with Crippen molar-refractivity contribution < 1.29 is 8.42 Å². The molecular formula is C18H19N3O2S2. The minimum Gasteiger partial charge on any atom is -0.344 e. The van der Waals surface area contributed by atoms with Gasteiger partial charge in [0.2, 0.25) is 10.0 Å². The molecule has 0 fully saturated rings. The number of hydrogen-bond acceptors (Lipinski definition) is 4. The van der Waals surface area contributed by atoms with Gasteiger partial charge in [-0.25, -0.2) is 8.42 Å². The Morgan fingerprint density at radius 3 is 2.68 bits per heavy atom. The van der Waals surface area contributed by atoms with Gasteiger partial charge in [0.25, 0.3) is 0 Å². The lowest BCUT2D eigenvalue weighted by Crippen LogP contribution is -2.09. The van der Waals surface area contributed by atoms with Gasteiger partial charge in [-0.05, 0) is 37.6 Å². The third-order valence-electron chi connectivity index (χ3n) is 4.18. The zero-order valence-electron chi connectivity index (χ0n) is 14.3. The van der Waals surface area contributed by atoms with E-state index in [1.54, 1.807) is 6.07 Å². The maximum Gasteiger partial charge on any atom is 0.229 e. The largest absolute Gasteiger partial charge is 0.344 e. The summed E-state index contributed by atoms with van der Waals surface area (Å²) in [7, 11) is -3.32. The summed E-state index contributed by atoms with van der Waals surface area (Å²) < 4.78 is 27.8. The van der Waals surface area contributed by atoms with Crippen LogP contribution in [0.4, 0.5) is 5.69 Å². The molecule has 2 aromatic heterocycles. The smallest absolute Gasteiger partial charge is 0.229 e. The van der Waals surface area contributed by atoms with Gasteiger partial charge >= 0.3 is 0 Å². The average molecular weight is 374 g/mol. The van der Waals surface area contributed by atoms with E-state index in [4.69, 9.17) is 5.26 Å². The first-order chi connectivity index (χ1) is 11.8. The van der Waals surface area contributed by atoms with Crippen LogP contribution < -0.4 is 4.72 Å². The number of anilines is 1. The lowest BCUT2D eigenvalue weighted by atomic mass is 10.1. The third kappa shape index (κ3) is 3.55. The summed E-state index contributed by atoms with van der Waals surface area (Å²) >= 11 is 1.46. The van der Waals surface area contributed by atoms with Crippen LogP contribution in [0.25, 0.3) is 21.3 Å². The number of fused-ring (bicyclic) bond motifs is 1. The second-order valence-electron chi connectivity index (χ2n) is 6.09. The molecule has 130 valence electrons. The van der Waals surface area contributed by atoms with Crippen LogP contribution in [0.2, 0.25) is 0 Å². The Labute approximate surface area is 151 Å². The van der Waals surface area contributed by atoms with Gasteiger partial charge in [-0.1, -0.05) is 13.0 Å². The van der Waals surface area contributed by atoms with Crippen LogP contribution in [0.15, 0.2) is 36.5 Å². The highest BCUT2D eigenvalue weighted by Crippen LogP contribution is 2.37. The van der Waals surface area contributed by atoms with Crippen LogP contribution in [-0.4, -0.2) is 19.2 Å². The molecule has 5 nitrogen and oxygen atoms in total. The van der Waals surface area contributed by atoms with E-state index in [0.29, 0.717) is 10.6 Å². The summed E-state index contributed by atoms with van der Waals surface area (Å²) in [4.78, 5) is 1.71. The van der Waals surface area contributed by atoms with Crippen molar-refractivity contribution in [3.05, 3.63) is 41.4 Å². The molecule has 0 amide bonds. The van der Waals surface area contributed by atoms with Crippen LogP contribution >= 0.6 is 11.3 Å². The molecule has 0 radical (unpaired) electrons. The SMILES string of the molecule is CC[C@@H](C)n1cc(-c2ccc(C#N)s2)c2ccc(NS(C)(=O)=O)cc21. The number of rotatable bonds is 5. The summed E-state index contributed by atoms with van der Waals surface area (Å²) in [5.74, 6) is 0. The van der Waals surface area contributed by atoms with Crippen LogP contribution in [0.5, 0.6) is 0 Å². The summed E-state index contributed by atoms with van der Waals surface area (Å²) in [5, 5.41) is 10.1. The van der Waals surface area contributed by atoms with Crippen molar-refractivity contribution in [1.29, 1.82) is 5.26 Å². The van der Waals surface area contributed by atoms with Crippen LogP contribution in [0.1, 0.15) is 31.2 Å². The van der Waals surface area contributed by atoms with E-state index in [1.165, 1.54) is 11.3 Å². The Bertz CT molecular complexity index is 1070.